The fourth-order valence-electron chi connectivity index (χ4n) is 8.32. The van der Waals surface area contributed by atoms with Gasteiger partial charge in [-0.05, 0) is 102 Å². The summed E-state index contributed by atoms with van der Waals surface area (Å²) >= 11 is 0. The molecule has 0 aliphatic heterocycles. The van der Waals surface area contributed by atoms with Gasteiger partial charge in [-0.25, -0.2) is 29.9 Å². The van der Waals surface area contributed by atoms with E-state index in [-0.39, 0.29) is 0 Å². The zero-order chi connectivity index (χ0) is 39.6. The molecule has 12 aromatic rings. The Balaban J connectivity index is 1.06. The van der Waals surface area contributed by atoms with Crippen LogP contribution in [-0.2, 0) is 0 Å². The van der Waals surface area contributed by atoms with Crippen molar-refractivity contribution in [1.29, 1.82) is 0 Å². The van der Waals surface area contributed by atoms with Gasteiger partial charge >= 0.3 is 0 Å². The Morgan fingerprint density at radius 2 is 0.650 bits per heavy atom. The summed E-state index contributed by atoms with van der Waals surface area (Å²) in [7, 11) is 0. The molecule has 0 unspecified atom stereocenters. The number of nitrogens with zero attached hydrogens (tertiary/aromatic N) is 8. The van der Waals surface area contributed by atoms with Crippen LogP contribution < -0.4 is 0 Å². The maximum Gasteiger partial charge on any atom is 0.182 e. The highest BCUT2D eigenvalue weighted by Crippen LogP contribution is 2.42. The van der Waals surface area contributed by atoms with Crippen molar-refractivity contribution in [2.45, 2.75) is 0 Å². The summed E-state index contributed by atoms with van der Waals surface area (Å²) in [4.78, 5) is 39.7. The van der Waals surface area contributed by atoms with Crippen LogP contribution in [0.2, 0.25) is 0 Å². The second-order valence-electron chi connectivity index (χ2n) is 14.8. The van der Waals surface area contributed by atoms with E-state index in [1.807, 2.05) is 60.7 Å². The van der Waals surface area contributed by atoms with E-state index in [0.717, 1.165) is 76.1 Å². The van der Waals surface area contributed by atoms with Gasteiger partial charge in [-0.2, -0.15) is 0 Å². The second kappa shape index (κ2) is 13.6. The number of aromatic nitrogens is 8. The van der Waals surface area contributed by atoms with E-state index in [1.54, 1.807) is 12.4 Å². The van der Waals surface area contributed by atoms with E-state index in [1.165, 1.54) is 0 Å². The smallest absolute Gasteiger partial charge is 0.182 e. The van der Waals surface area contributed by atoms with Crippen LogP contribution in [0.1, 0.15) is 0 Å². The molecule has 4 heterocycles. The molecule has 0 bridgehead atoms. The first-order valence-corrected chi connectivity index (χ1v) is 19.7. The van der Waals surface area contributed by atoms with Crippen LogP contribution >= 0.6 is 0 Å². The maximum atomic E-state index is 5.17. The highest BCUT2D eigenvalue weighted by Gasteiger charge is 2.21. The quantitative estimate of drug-likeness (QED) is 0.154. The molecule has 12 rings (SSSR count). The van der Waals surface area contributed by atoms with Crippen LogP contribution in [0.3, 0.4) is 0 Å². The Morgan fingerprint density at radius 1 is 0.267 bits per heavy atom. The van der Waals surface area contributed by atoms with Crippen LogP contribution in [-0.4, -0.2) is 39.9 Å². The van der Waals surface area contributed by atoms with Gasteiger partial charge in [0, 0.05) is 34.6 Å². The lowest BCUT2D eigenvalue weighted by atomic mass is 9.89. The monoisotopic (exact) mass is 766 g/mol. The SMILES string of the molecule is c1ccc(-c2nc(-c3ccc4ccccc4c3)nc(-c3ccc4ccc5c(-c6nc(-c7ccc8ccccc8c7)nc(-c7ccccn7)n6)ccc6ccc3c4c65)n2)nc1. The zero-order valence-electron chi connectivity index (χ0n) is 31.9. The maximum absolute atomic E-state index is 5.17. The highest BCUT2D eigenvalue weighted by atomic mass is 15.1. The molecule has 4 aromatic heterocycles. The first kappa shape index (κ1) is 33.7. The Hall–Kier alpha value is -8.36. The molecule has 0 saturated heterocycles. The fraction of sp³-hybridized carbons (Fsp3) is 0. The molecule has 0 aliphatic rings. The summed E-state index contributed by atoms with van der Waals surface area (Å²) in [6, 6.07) is 58.1. The largest absolute Gasteiger partial charge is 0.253 e. The van der Waals surface area contributed by atoms with Crippen LogP contribution in [0.25, 0.3) is 122 Å². The lowest BCUT2D eigenvalue weighted by Crippen LogP contribution is -2.02. The minimum Gasteiger partial charge on any atom is -0.253 e. The highest BCUT2D eigenvalue weighted by molar-refractivity contribution is 6.27. The van der Waals surface area contributed by atoms with Crippen molar-refractivity contribution in [1.82, 2.24) is 39.9 Å². The third kappa shape index (κ3) is 5.69. The van der Waals surface area contributed by atoms with E-state index >= 15 is 0 Å². The zero-order valence-corrected chi connectivity index (χ0v) is 31.9. The topological polar surface area (TPSA) is 103 Å². The Kier molecular flexibility index (Phi) is 7.67. The van der Waals surface area contributed by atoms with E-state index in [0.29, 0.717) is 46.3 Å². The summed E-state index contributed by atoms with van der Waals surface area (Å²) < 4.78 is 0. The predicted octanol–water partition coefficient (Wildman–Crippen LogP) is 12.1. The molecule has 0 fully saturated rings. The lowest BCUT2D eigenvalue weighted by Gasteiger charge is -2.16. The predicted molar refractivity (Wildman–Crippen MR) is 240 cm³/mol. The molecule has 8 aromatic carbocycles. The molecule has 0 atom stereocenters. The van der Waals surface area contributed by atoms with Crippen LogP contribution in [0.15, 0.2) is 182 Å². The minimum atomic E-state index is 0.512. The summed E-state index contributed by atoms with van der Waals surface area (Å²) in [6.45, 7) is 0. The Bertz CT molecular complexity index is 3370. The van der Waals surface area contributed by atoms with Gasteiger partial charge in [0.2, 0.25) is 0 Å². The average molecular weight is 767 g/mol. The average Bonchev–Trinajstić information content (AvgIpc) is 3.33. The van der Waals surface area contributed by atoms with Crippen molar-refractivity contribution in [2.75, 3.05) is 0 Å². The molecule has 60 heavy (non-hydrogen) atoms. The van der Waals surface area contributed by atoms with Crippen molar-refractivity contribution in [3.8, 4) is 68.6 Å². The van der Waals surface area contributed by atoms with E-state index in [2.05, 4.69) is 119 Å². The van der Waals surface area contributed by atoms with Gasteiger partial charge in [0.25, 0.3) is 0 Å². The lowest BCUT2D eigenvalue weighted by molar-refractivity contribution is 1.06. The van der Waals surface area contributed by atoms with E-state index in [4.69, 9.17) is 29.9 Å². The summed E-state index contributed by atoms with van der Waals surface area (Å²) in [6.07, 6.45) is 3.53. The number of fused-ring (bicyclic) bond motifs is 2. The molecular weight excluding hydrogens is 737 g/mol. The molecule has 0 saturated carbocycles. The van der Waals surface area contributed by atoms with Gasteiger partial charge in [-0.1, -0.05) is 121 Å². The molecule has 278 valence electrons. The van der Waals surface area contributed by atoms with Crippen molar-refractivity contribution in [3.05, 3.63) is 182 Å². The molecule has 0 amide bonds. The summed E-state index contributed by atoms with van der Waals surface area (Å²) in [5, 5.41) is 11.1. The van der Waals surface area contributed by atoms with Gasteiger partial charge in [0.05, 0.1) is 0 Å². The van der Waals surface area contributed by atoms with Crippen LogP contribution in [0.4, 0.5) is 0 Å². The normalized spacial score (nSPS) is 11.7. The molecule has 8 heteroatoms. The second-order valence-corrected chi connectivity index (χ2v) is 14.8. The number of pyridine rings is 2. The molecule has 0 spiro atoms. The number of rotatable bonds is 6. The van der Waals surface area contributed by atoms with Gasteiger partial charge in [0.15, 0.2) is 34.9 Å². The Morgan fingerprint density at radius 3 is 1.10 bits per heavy atom. The van der Waals surface area contributed by atoms with E-state index in [9.17, 15) is 0 Å². The standard InChI is InChI=1S/C52H30N8/c1-3-11-35-29-37(17-15-31(35)9-1)47-55-49(59-51(57-47)43-13-5-7-27-53-43)41-25-21-33-20-24-40-42(26-22-34-19-23-39(41)45(33)46(34)40)50-56-48(58-52(60-50)44-14-6-8-28-54-44)38-18-16-32-10-2-4-12-36(32)30-38/h1-30H. The molecule has 8 nitrogen and oxygen atoms in total. The van der Waals surface area contributed by atoms with Crippen LogP contribution in [0, 0.1) is 0 Å². The first-order chi connectivity index (χ1) is 29.7. The summed E-state index contributed by atoms with van der Waals surface area (Å²) in [5.74, 6) is 3.34. The van der Waals surface area contributed by atoms with Crippen molar-refractivity contribution in [3.63, 3.8) is 0 Å². The third-order valence-electron chi connectivity index (χ3n) is 11.2. The number of benzene rings is 8. The fourth-order valence-corrected chi connectivity index (χ4v) is 8.32. The van der Waals surface area contributed by atoms with Crippen molar-refractivity contribution >= 4 is 53.9 Å². The molecule has 0 N–H and O–H groups in total. The molecular formula is C52H30N8. The first-order valence-electron chi connectivity index (χ1n) is 19.7. The van der Waals surface area contributed by atoms with E-state index < -0.39 is 0 Å². The number of hydrogen-bond acceptors (Lipinski definition) is 8. The summed E-state index contributed by atoms with van der Waals surface area (Å²) in [5.41, 5.74) is 4.97. The molecule has 0 aliphatic carbocycles. The van der Waals surface area contributed by atoms with Gasteiger partial charge < -0.3 is 0 Å². The van der Waals surface area contributed by atoms with Crippen LogP contribution in [0.5, 0.6) is 0 Å². The van der Waals surface area contributed by atoms with Crippen molar-refractivity contribution in [2.24, 2.45) is 0 Å². The Labute approximate surface area is 343 Å². The third-order valence-corrected chi connectivity index (χ3v) is 11.2. The minimum absolute atomic E-state index is 0.512. The van der Waals surface area contributed by atoms with Crippen molar-refractivity contribution < 1.29 is 0 Å². The molecule has 0 radical (unpaired) electrons. The van der Waals surface area contributed by atoms with Gasteiger partial charge in [0.1, 0.15) is 11.4 Å². The van der Waals surface area contributed by atoms with Gasteiger partial charge in [-0.3, -0.25) is 9.97 Å². The van der Waals surface area contributed by atoms with Gasteiger partial charge in [-0.15, -0.1) is 0 Å². The number of hydrogen-bond donors (Lipinski definition) is 0.